The van der Waals surface area contributed by atoms with Gasteiger partial charge in [-0.25, -0.2) is 9.97 Å². The number of carbonyl (C=O) groups is 1. The number of aromatic nitrogens is 2. The van der Waals surface area contributed by atoms with Crippen molar-refractivity contribution < 1.29 is 4.79 Å². The van der Waals surface area contributed by atoms with E-state index in [2.05, 4.69) is 4.98 Å². The van der Waals surface area contributed by atoms with E-state index in [9.17, 15) is 4.79 Å². The van der Waals surface area contributed by atoms with Crippen molar-refractivity contribution in [3.05, 3.63) is 46.7 Å². The molecule has 1 aliphatic carbocycles. The zero-order valence-electron chi connectivity index (χ0n) is 14.2. The largest absolute Gasteiger partial charge is 0.338 e. The lowest BCUT2D eigenvalue weighted by Gasteiger charge is -2.32. The Labute approximate surface area is 153 Å². The lowest BCUT2D eigenvalue weighted by Crippen LogP contribution is -2.40. The van der Waals surface area contributed by atoms with E-state index >= 15 is 0 Å². The van der Waals surface area contributed by atoms with E-state index in [1.54, 1.807) is 0 Å². The number of halogens is 1. The molecule has 2 aliphatic rings. The average Bonchev–Trinajstić information content (AvgIpc) is 2.68. The van der Waals surface area contributed by atoms with E-state index in [0.29, 0.717) is 17.5 Å². The highest BCUT2D eigenvalue weighted by Crippen LogP contribution is 2.28. The van der Waals surface area contributed by atoms with Gasteiger partial charge < -0.3 is 4.90 Å². The molecule has 4 nitrogen and oxygen atoms in total. The Kier molecular flexibility index (Phi) is 4.71. The molecular weight excluding hydrogens is 334 g/mol. The molecule has 2 aromatic rings. The predicted octanol–water partition coefficient (Wildman–Crippen LogP) is 4.26. The lowest BCUT2D eigenvalue weighted by atomic mass is 9.88. The minimum absolute atomic E-state index is 0.226. The smallest absolute Gasteiger partial charge is 0.225 e. The number of fused-ring (bicyclic) bond motifs is 1. The van der Waals surface area contributed by atoms with Gasteiger partial charge in [-0.2, -0.15) is 0 Å². The number of amides is 1. The van der Waals surface area contributed by atoms with Crippen LogP contribution in [0.1, 0.15) is 43.4 Å². The Bertz CT molecular complexity index is 769. The van der Waals surface area contributed by atoms with Crippen LogP contribution in [-0.2, 0) is 17.8 Å². The Morgan fingerprint density at radius 1 is 1.12 bits per heavy atom. The van der Waals surface area contributed by atoms with Gasteiger partial charge in [-0.3, -0.25) is 4.79 Å². The van der Waals surface area contributed by atoms with E-state index in [-0.39, 0.29) is 5.92 Å². The molecular formula is C20H22ClN3O. The summed E-state index contributed by atoms with van der Waals surface area (Å²) in [7, 11) is 0. The van der Waals surface area contributed by atoms with Crippen LogP contribution in [0.15, 0.2) is 30.5 Å². The average molecular weight is 356 g/mol. The molecule has 4 rings (SSSR count). The van der Waals surface area contributed by atoms with Crippen LogP contribution in [0.2, 0.25) is 5.02 Å². The third-order valence-corrected chi connectivity index (χ3v) is 5.55. The zero-order valence-corrected chi connectivity index (χ0v) is 15.0. The standard InChI is InChI=1S/C20H22ClN3O/c21-17-8-6-14(7-9-17)19-22-12-16-13-24(11-10-18(16)23-19)20(25)15-4-2-1-3-5-15/h6-9,12,15H,1-5,10-11,13H2. The first-order valence-corrected chi connectivity index (χ1v) is 9.48. The Morgan fingerprint density at radius 2 is 1.88 bits per heavy atom. The van der Waals surface area contributed by atoms with Crippen molar-refractivity contribution in [2.45, 2.75) is 45.1 Å². The van der Waals surface area contributed by atoms with Gasteiger partial charge in [0.1, 0.15) is 0 Å². The number of hydrogen-bond acceptors (Lipinski definition) is 3. The summed E-state index contributed by atoms with van der Waals surface area (Å²) in [4.78, 5) is 24.0. The lowest BCUT2D eigenvalue weighted by molar-refractivity contribution is -0.137. The maximum atomic E-state index is 12.8. The highest BCUT2D eigenvalue weighted by Gasteiger charge is 2.29. The maximum absolute atomic E-state index is 12.8. The van der Waals surface area contributed by atoms with Gasteiger partial charge in [0.15, 0.2) is 5.82 Å². The van der Waals surface area contributed by atoms with Gasteiger partial charge in [0.2, 0.25) is 5.91 Å². The first kappa shape index (κ1) is 16.5. The van der Waals surface area contributed by atoms with Crippen LogP contribution in [0.25, 0.3) is 11.4 Å². The summed E-state index contributed by atoms with van der Waals surface area (Å²) >= 11 is 5.95. The Balaban J connectivity index is 1.50. The molecule has 5 heteroatoms. The van der Waals surface area contributed by atoms with Crippen LogP contribution < -0.4 is 0 Å². The molecule has 0 saturated heterocycles. The normalized spacial score (nSPS) is 18.0. The van der Waals surface area contributed by atoms with Crippen molar-refractivity contribution in [1.82, 2.24) is 14.9 Å². The van der Waals surface area contributed by atoms with Crippen LogP contribution >= 0.6 is 11.6 Å². The molecule has 1 aromatic carbocycles. The molecule has 1 amide bonds. The highest BCUT2D eigenvalue weighted by molar-refractivity contribution is 6.30. The minimum atomic E-state index is 0.226. The molecule has 0 bridgehead atoms. The number of rotatable bonds is 2. The molecule has 0 spiro atoms. The molecule has 0 N–H and O–H groups in total. The van der Waals surface area contributed by atoms with Gasteiger partial charge in [0, 0.05) is 47.8 Å². The maximum Gasteiger partial charge on any atom is 0.225 e. The number of carbonyl (C=O) groups excluding carboxylic acids is 1. The van der Waals surface area contributed by atoms with Crippen LogP contribution in [0, 0.1) is 5.92 Å². The van der Waals surface area contributed by atoms with E-state index in [0.717, 1.165) is 48.5 Å². The monoisotopic (exact) mass is 355 g/mol. The second-order valence-electron chi connectivity index (χ2n) is 7.02. The van der Waals surface area contributed by atoms with Crippen molar-refractivity contribution in [3.63, 3.8) is 0 Å². The summed E-state index contributed by atoms with van der Waals surface area (Å²) in [5.74, 6) is 1.28. The zero-order chi connectivity index (χ0) is 17.2. The molecule has 1 saturated carbocycles. The van der Waals surface area contributed by atoms with Gasteiger partial charge in [-0.15, -0.1) is 0 Å². The van der Waals surface area contributed by atoms with Crippen LogP contribution in [0.3, 0.4) is 0 Å². The number of nitrogens with zero attached hydrogens (tertiary/aromatic N) is 3. The Hall–Kier alpha value is -1.94. The summed E-state index contributed by atoms with van der Waals surface area (Å²) in [6, 6.07) is 7.58. The molecule has 0 unspecified atom stereocenters. The fourth-order valence-corrected chi connectivity index (χ4v) is 3.98. The van der Waals surface area contributed by atoms with Gasteiger partial charge in [0.25, 0.3) is 0 Å². The van der Waals surface area contributed by atoms with Crippen molar-refractivity contribution in [2.24, 2.45) is 5.92 Å². The molecule has 1 aliphatic heterocycles. The predicted molar refractivity (Wildman–Crippen MR) is 98.2 cm³/mol. The third kappa shape index (κ3) is 3.54. The first-order valence-electron chi connectivity index (χ1n) is 9.10. The van der Waals surface area contributed by atoms with E-state index in [4.69, 9.17) is 16.6 Å². The topological polar surface area (TPSA) is 46.1 Å². The number of hydrogen-bond donors (Lipinski definition) is 0. The third-order valence-electron chi connectivity index (χ3n) is 5.30. The van der Waals surface area contributed by atoms with Gasteiger partial charge in [-0.1, -0.05) is 30.9 Å². The second-order valence-corrected chi connectivity index (χ2v) is 7.45. The van der Waals surface area contributed by atoms with E-state index in [1.165, 1.54) is 19.3 Å². The summed E-state index contributed by atoms with van der Waals surface area (Å²) in [6.07, 6.45) is 8.43. The van der Waals surface area contributed by atoms with Crippen LogP contribution in [0.5, 0.6) is 0 Å². The molecule has 130 valence electrons. The summed E-state index contributed by atoms with van der Waals surface area (Å²) in [5, 5.41) is 0.707. The quantitative estimate of drug-likeness (QED) is 0.808. The fourth-order valence-electron chi connectivity index (χ4n) is 3.85. The molecule has 1 aromatic heterocycles. The molecule has 25 heavy (non-hydrogen) atoms. The van der Waals surface area contributed by atoms with E-state index in [1.807, 2.05) is 35.4 Å². The van der Waals surface area contributed by atoms with Crippen LogP contribution in [-0.4, -0.2) is 27.3 Å². The van der Waals surface area contributed by atoms with Crippen molar-refractivity contribution in [3.8, 4) is 11.4 Å². The highest BCUT2D eigenvalue weighted by atomic mass is 35.5. The molecule has 0 radical (unpaired) electrons. The SMILES string of the molecule is O=C(C1CCCCC1)N1CCc2nc(-c3ccc(Cl)cc3)ncc2C1. The second kappa shape index (κ2) is 7.12. The van der Waals surface area contributed by atoms with Crippen molar-refractivity contribution >= 4 is 17.5 Å². The van der Waals surface area contributed by atoms with Crippen LogP contribution in [0.4, 0.5) is 0 Å². The fraction of sp³-hybridized carbons (Fsp3) is 0.450. The minimum Gasteiger partial charge on any atom is -0.338 e. The van der Waals surface area contributed by atoms with E-state index < -0.39 is 0 Å². The summed E-state index contributed by atoms with van der Waals surface area (Å²) < 4.78 is 0. The first-order chi connectivity index (χ1) is 12.2. The summed E-state index contributed by atoms with van der Waals surface area (Å²) in [5.41, 5.74) is 3.11. The van der Waals surface area contributed by atoms with Gasteiger partial charge >= 0.3 is 0 Å². The van der Waals surface area contributed by atoms with Crippen molar-refractivity contribution in [1.29, 1.82) is 0 Å². The molecule has 2 heterocycles. The molecule has 0 atom stereocenters. The van der Waals surface area contributed by atoms with Crippen molar-refractivity contribution in [2.75, 3.05) is 6.54 Å². The van der Waals surface area contributed by atoms with Gasteiger partial charge in [-0.05, 0) is 37.1 Å². The Morgan fingerprint density at radius 3 is 2.64 bits per heavy atom. The molecule has 1 fully saturated rings. The number of benzene rings is 1. The summed E-state index contributed by atoms with van der Waals surface area (Å²) in [6.45, 7) is 1.41. The van der Waals surface area contributed by atoms with Gasteiger partial charge in [0.05, 0.1) is 5.69 Å².